The van der Waals surface area contributed by atoms with E-state index in [1.54, 1.807) is 42.5 Å². The molecule has 10 heteroatoms. The van der Waals surface area contributed by atoms with Gasteiger partial charge in [0.25, 0.3) is 17.7 Å². The fraction of sp³-hybridized carbons (Fsp3) is 0.444. The van der Waals surface area contributed by atoms with Gasteiger partial charge in [0.2, 0.25) is 0 Å². The normalized spacial score (nSPS) is 23.0. The number of ether oxygens (including phenoxy) is 4. The van der Waals surface area contributed by atoms with Crippen LogP contribution in [0.15, 0.2) is 42.5 Å². The molecule has 3 amide bonds. The number of rotatable bonds is 8. The van der Waals surface area contributed by atoms with Gasteiger partial charge < -0.3 is 34.9 Å². The maximum Gasteiger partial charge on any atom is 0.253 e. The second-order valence-corrected chi connectivity index (χ2v) is 9.31. The van der Waals surface area contributed by atoms with Gasteiger partial charge in [-0.1, -0.05) is 0 Å². The molecular formula is C27H31N3O7. The van der Waals surface area contributed by atoms with E-state index in [0.29, 0.717) is 61.2 Å². The summed E-state index contributed by atoms with van der Waals surface area (Å²) in [6, 6.07) is 12.0. The molecule has 3 fully saturated rings. The minimum absolute atomic E-state index is 0.154. The maximum absolute atomic E-state index is 12.7. The van der Waals surface area contributed by atoms with Gasteiger partial charge in [-0.3, -0.25) is 14.4 Å². The van der Waals surface area contributed by atoms with E-state index in [2.05, 4.69) is 16.0 Å². The Hall–Kier alpha value is -3.47. The average molecular weight is 510 g/mol. The highest BCUT2D eigenvalue weighted by molar-refractivity contribution is 6.02. The van der Waals surface area contributed by atoms with E-state index in [-0.39, 0.29) is 17.7 Å². The smallest absolute Gasteiger partial charge is 0.253 e. The highest BCUT2D eigenvalue weighted by atomic mass is 16.5. The van der Waals surface area contributed by atoms with Crippen molar-refractivity contribution in [1.82, 2.24) is 0 Å². The second kappa shape index (κ2) is 11.7. The van der Waals surface area contributed by atoms with Gasteiger partial charge in [-0.05, 0) is 74.9 Å². The van der Waals surface area contributed by atoms with E-state index in [1.807, 2.05) is 0 Å². The van der Waals surface area contributed by atoms with E-state index in [0.717, 1.165) is 25.7 Å². The van der Waals surface area contributed by atoms with E-state index in [1.165, 1.54) is 0 Å². The van der Waals surface area contributed by atoms with Crippen LogP contribution in [-0.4, -0.2) is 55.9 Å². The fourth-order valence-corrected chi connectivity index (χ4v) is 4.54. The molecule has 2 aromatic carbocycles. The van der Waals surface area contributed by atoms with Crippen LogP contribution in [0.1, 0.15) is 38.5 Å². The Morgan fingerprint density at radius 1 is 0.622 bits per heavy atom. The minimum Gasteiger partial charge on any atom is -0.457 e. The van der Waals surface area contributed by atoms with Crippen LogP contribution in [0.25, 0.3) is 0 Å². The van der Waals surface area contributed by atoms with E-state index >= 15 is 0 Å². The van der Waals surface area contributed by atoms with Crippen molar-refractivity contribution in [3.05, 3.63) is 42.5 Å². The Morgan fingerprint density at radius 3 is 1.62 bits per heavy atom. The average Bonchev–Trinajstić information content (AvgIpc) is 3.70. The molecule has 10 nitrogen and oxygen atoms in total. The Bertz CT molecular complexity index is 1120. The first-order valence-electron chi connectivity index (χ1n) is 12.7. The highest BCUT2D eigenvalue weighted by Crippen LogP contribution is 2.32. The standard InChI is InChI=1S/C27H31N3O7/c31-25(22-4-1-13-34-22)28-17-7-9-18(10-8-17)37-19-11-12-20(29-26(32)23-5-2-14-35-23)21(16-19)30-27(33)24-6-3-15-36-24/h7-12,16,22-24H,1-6,13-15H2,(H,28,31)(H,29,32)(H,30,33). The lowest BCUT2D eigenvalue weighted by Gasteiger charge is -2.18. The van der Waals surface area contributed by atoms with Gasteiger partial charge >= 0.3 is 0 Å². The minimum atomic E-state index is -0.524. The van der Waals surface area contributed by atoms with E-state index in [9.17, 15) is 14.4 Å². The fourth-order valence-electron chi connectivity index (χ4n) is 4.54. The molecule has 3 unspecified atom stereocenters. The van der Waals surface area contributed by atoms with Crippen LogP contribution in [0.5, 0.6) is 11.5 Å². The van der Waals surface area contributed by atoms with Gasteiger partial charge in [0.15, 0.2) is 0 Å². The summed E-state index contributed by atoms with van der Waals surface area (Å²) in [5.74, 6) is 0.336. The maximum atomic E-state index is 12.7. The van der Waals surface area contributed by atoms with Crippen LogP contribution in [0.2, 0.25) is 0 Å². The largest absolute Gasteiger partial charge is 0.457 e. The molecule has 3 aliphatic heterocycles. The third-order valence-electron chi connectivity index (χ3n) is 6.53. The SMILES string of the molecule is O=C(Nc1ccc(Oc2ccc(NC(=O)C3CCCO3)c(NC(=O)C3CCCO3)c2)cc1)C1CCCO1. The summed E-state index contributed by atoms with van der Waals surface area (Å²) < 4.78 is 22.4. The topological polar surface area (TPSA) is 124 Å². The van der Waals surface area contributed by atoms with E-state index in [4.69, 9.17) is 18.9 Å². The molecular weight excluding hydrogens is 478 g/mol. The molecule has 196 valence electrons. The van der Waals surface area contributed by atoms with Crippen LogP contribution >= 0.6 is 0 Å². The monoisotopic (exact) mass is 509 g/mol. The molecule has 2 aromatic rings. The van der Waals surface area contributed by atoms with Crippen LogP contribution in [0, 0.1) is 0 Å². The van der Waals surface area contributed by atoms with Crippen LogP contribution in [0.3, 0.4) is 0 Å². The molecule has 3 N–H and O–H groups in total. The van der Waals surface area contributed by atoms with Crippen molar-refractivity contribution in [3.63, 3.8) is 0 Å². The molecule has 3 aliphatic rings. The Kier molecular flexibility index (Phi) is 7.98. The summed E-state index contributed by atoms with van der Waals surface area (Å²) in [5, 5.41) is 8.59. The number of hydrogen-bond donors (Lipinski definition) is 3. The Balaban J connectivity index is 1.27. The molecule has 0 aliphatic carbocycles. The Morgan fingerprint density at radius 2 is 1.11 bits per heavy atom. The lowest BCUT2D eigenvalue weighted by Crippen LogP contribution is -2.29. The molecule has 0 bridgehead atoms. The van der Waals surface area contributed by atoms with Gasteiger partial charge in [-0.15, -0.1) is 0 Å². The van der Waals surface area contributed by atoms with E-state index < -0.39 is 18.3 Å². The number of carbonyl (C=O) groups is 3. The molecule has 0 saturated carbocycles. The van der Waals surface area contributed by atoms with Crippen molar-refractivity contribution in [2.75, 3.05) is 35.8 Å². The third kappa shape index (κ3) is 6.46. The van der Waals surface area contributed by atoms with Gasteiger partial charge in [-0.25, -0.2) is 0 Å². The van der Waals surface area contributed by atoms with Gasteiger partial charge in [0, 0.05) is 31.6 Å². The molecule has 3 saturated heterocycles. The first-order chi connectivity index (χ1) is 18.0. The zero-order valence-electron chi connectivity index (χ0n) is 20.5. The quantitative estimate of drug-likeness (QED) is 0.494. The van der Waals surface area contributed by atoms with Crippen molar-refractivity contribution >= 4 is 34.8 Å². The number of benzene rings is 2. The van der Waals surface area contributed by atoms with Gasteiger partial charge in [0.1, 0.15) is 29.8 Å². The zero-order chi connectivity index (χ0) is 25.6. The summed E-state index contributed by atoms with van der Waals surface area (Å²) in [6.45, 7) is 1.72. The molecule has 0 spiro atoms. The first kappa shape index (κ1) is 25.2. The molecule has 0 radical (unpaired) electrons. The van der Waals surface area contributed by atoms with Gasteiger partial charge in [0.05, 0.1) is 11.4 Å². The number of carbonyl (C=O) groups excluding carboxylic acids is 3. The summed E-state index contributed by atoms with van der Waals surface area (Å²) in [5.41, 5.74) is 1.50. The molecule has 5 rings (SSSR count). The first-order valence-corrected chi connectivity index (χ1v) is 12.7. The summed E-state index contributed by atoms with van der Waals surface area (Å²) >= 11 is 0. The van der Waals surface area contributed by atoms with Crippen LogP contribution in [0.4, 0.5) is 17.1 Å². The van der Waals surface area contributed by atoms with Gasteiger partial charge in [-0.2, -0.15) is 0 Å². The summed E-state index contributed by atoms with van der Waals surface area (Å²) in [6.07, 6.45) is 3.15. The predicted molar refractivity (Wildman–Crippen MR) is 136 cm³/mol. The molecule has 3 heterocycles. The number of amides is 3. The van der Waals surface area contributed by atoms with Crippen molar-refractivity contribution < 1.29 is 33.3 Å². The lowest BCUT2D eigenvalue weighted by molar-refractivity contribution is -0.125. The second-order valence-electron chi connectivity index (χ2n) is 9.31. The number of hydrogen-bond acceptors (Lipinski definition) is 7. The molecule has 37 heavy (non-hydrogen) atoms. The predicted octanol–water partition coefficient (Wildman–Crippen LogP) is 3.83. The summed E-state index contributed by atoms with van der Waals surface area (Å²) in [7, 11) is 0. The highest BCUT2D eigenvalue weighted by Gasteiger charge is 2.27. The van der Waals surface area contributed by atoms with Crippen molar-refractivity contribution in [2.24, 2.45) is 0 Å². The summed E-state index contributed by atoms with van der Waals surface area (Å²) in [4.78, 5) is 37.6. The number of anilines is 3. The molecule has 3 atom stereocenters. The van der Waals surface area contributed by atoms with Crippen LogP contribution in [-0.2, 0) is 28.6 Å². The third-order valence-corrected chi connectivity index (χ3v) is 6.53. The lowest BCUT2D eigenvalue weighted by atomic mass is 10.2. The van der Waals surface area contributed by atoms with Crippen molar-refractivity contribution in [3.8, 4) is 11.5 Å². The number of nitrogens with one attached hydrogen (secondary N) is 3. The Labute approximate surface area is 215 Å². The van der Waals surface area contributed by atoms with Crippen LogP contribution < -0.4 is 20.7 Å². The zero-order valence-corrected chi connectivity index (χ0v) is 20.5. The van der Waals surface area contributed by atoms with Crippen molar-refractivity contribution in [2.45, 2.75) is 56.8 Å². The van der Waals surface area contributed by atoms with Crippen molar-refractivity contribution in [1.29, 1.82) is 0 Å². The molecule has 0 aromatic heterocycles.